The van der Waals surface area contributed by atoms with Crippen molar-refractivity contribution in [1.29, 1.82) is 0 Å². The fourth-order valence-corrected chi connectivity index (χ4v) is 2.62. The van der Waals surface area contributed by atoms with Gasteiger partial charge in [0.15, 0.2) is 0 Å². The number of halogens is 1. The summed E-state index contributed by atoms with van der Waals surface area (Å²) in [5.41, 5.74) is 9.61. The number of benzene rings is 1. The van der Waals surface area contributed by atoms with Crippen LogP contribution >= 0.6 is 11.6 Å². The molecular formula is C12H15ClN2. The summed E-state index contributed by atoms with van der Waals surface area (Å²) >= 11 is 6.05. The van der Waals surface area contributed by atoms with E-state index in [1.165, 1.54) is 37.2 Å². The van der Waals surface area contributed by atoms with Crippen molar-refractivity contribution in [2.24, 2.45) is 5.41 Å². The summed E-state index contributed by atoms with van der Waals surface area (Å²) in [5.74, 6) is 0. The third-order valence-electron chi connectivity index (χ3n) is 3.67. The minimum Gasteiger partial charge on any atom is -0.398 e. The number of aryl methyl sites for hydroxylation is 1. The van der Waals surface area contributed by atoms with Crippen LogP contribution in [-0.2, 0) is 0 Å². The van der Waals surface area contributed by atoms with Crippen LogP contribution in [0.3, 0.4) is 0 Å². The first-order valence-electron chi connectivity index (χ1n) is 5.40. The number of nitrogens with two attached hydrogens (primary N) is 1. The fraction of sp³-hybridized carbons (Fsp3) is 0.500. The smallest absolute Gasteiger partial charge is 0.0656 e. The Morgan fingerprint density at radius 3 is 2.60 bits per heavy atom. The molecular weight excluding hydrogens is 208 g/mol. The van der Waals surface area contributed by atoms with Crippen LogP contribution in [0.5, 0.6) is 0 Å². The van der Waals surface area contributed by atoms with Crippen molar-refractivity contribution in [3.05, 3.63) is 22.7 Å². The van der Waals surface area contributed by atoms with Crippen molar-refractivity contribution >= 4 is 23.0 Å². The predicted molar refractivity (Wildman–Crippen MR) is 64.5 cm³/mol. The molecule has 3 rings (SSSR count). The van der Waals surface area contributed by atoms with E-state index in [2.05, 4.69) is 11.8 Å². The van der Waals surface area contributed by atoms with Gasteiger partial charge in [-0.3, -0.25) is 0 Å². The maximum atomic E-state index is 6.05. The van der Waals surface area contributed by atoms with Crippen LogP contribution in [-0.4, -0.2) is 13.1 Å². The monoisotopic (exact) mass is 222 g/mol. The highest BCUT2D eigenvalue weighted by Crippen LogP contribution is 2.54. The van der Waals surface area contributed by atoms with E-state index < -0.39 is 0 Å². The molecule has 0 atom stereocenters. The molecule has 1 aromatic carbocycles. The van der Waals surface area contributed by atoms with Crippen molar-refractivity contribution < 1.29 is 0 Å². The summed E-state index contributed by atoms with van der Waals surface area (Å²) in [5, 5.41) is 0.673. The van der Waals surface area contributed by atoms with Crippen LogP contribution < -0.4 is 10.6 Å². The fourth-order valence-electron chi connectivity index (χ4n) is 2.46. The van der Waals surface area contributed by atoms with Gasteiger partial charge in [0, 0.05) is 24.2 Å². The van der Waals surface area contributed by atoms with Crippen LogP contribution in [0.4, 0.5) is 11.4 Å². The maximum absolute atomic E-state index is 6.05. The highest BCUT2D eigenvalue weighted by Gasteiger charge is 2.52. The zero-order chi connectivity index (χ0) is 10.6. The molecule has 2 aliphatic rings. The average molecular weight is 223 g/mol. The van der Waals surface area contributed by atoms with Gasteiger partial charge in [0.2, 0.25) is 0 Å². The standard InChI is InChI=1S/C12H15ClN2/c1-8-4-10(14)9(13)5-11(8)15-6-12(7-15)2-3-12/h4-5H,2-3,6-7,14H2,1H3. The van der Waals surface area contributed by atoms with Gasteiger partial charge in [0.1, 0.15) is 0 Å². The second kappa shape index (κ2) is 2.82. The molecule has 80 valence electrons. The lowest BCUT2D eigenvalue weighted by Crippen LogP contribution is -2.48. The van der Waals surface area contributed by atoms with Gasteiger partial charge in [0.05, 0.1) is 10.7 Å². The lowest BCUT2D eigenvalue weighted by atomic mass is 9.95. The van der Waals surface area contributed by atoms with Gasteiger partial charge in [-0.2, -0.15) is 0 Å². The van der Waals surface area contributed by atoms with E-state index in [-0.39, 0.29) is 0 Å². The van der Waals surface area contributed by atoms with Crippen LogP contribution in [0, 0.1) is 12.3 Å². The van der Waals surface area contributed by atoms with Gasteiger partial charge in [-0.05, 0) is 37.5 Å². The second-order valence-corrected chi connectivity index (χ2v) is 5.42. The molecule has 1 aliphatic carbocycles. The zero-order valence-electron chi connectivity index (χ0n) is 8.89. The van der Waals surface area contributed by atoms with E-state index in [1.807, 2.05) is 12.1 Å². The van der Waals surface area contributed by atoms with Crippen molar-refractivity contribution in [1.82, 2.24) is 0 Å². The van der Waals surface area contributed by atoms with Gasteiger partial charge < -0.3 is 10.6 Å². The van der Waals surface area contributed by atoms with E-state index in [1.54, 1.807) is 0 Å². The topological polar surface area (TPSA) is 29.3 Å². The summed E-state index contributed by atoms with van der Waals surface area (Å²) in [6.45, 7) is 4.50. The minimum absolute atomic E-state index is 0.673. The second-order valence-electron chi connectivity index (χ2n) is 5.02. The van der Waals surface area contributed by atoms with Gasteiger partial charge in [-0.25, -0.2) is 0 Å². The molecule has 2 N–H and O–H groups in total. The Morgan fingerprint density at radius 2 is 2.00 bits per heavy atom. The van der Waals surface area contributed by atoms with E-state index in [4.69, 9.17) is 17.3 Å². The lowest BCUT2D eigenvalue weighted by Gasteiger charge is -2.42. The van der Waals surface area contributed by atoms with Gasteiger partial charge in [-0.1, -0.05) is 11.6 Å². The number of anilines is 2. The quantitative estimate of drug-likeness (QED) is 0.741. The summed E-state index contributed by atoms with van der Waals surface area (Å²) in [4.78, 5) is 2.41. The Bertz CT molecular complexity index is 416. The SMILES string of the molecule is Cc1cc(N)c(Cl)cc1N1CC2(CC2)C1. The molecule has 2 nitrogen and oxygen atoms in total. The van der Waals surface area contributed by atoms with Crippen LogP contribution in [0.2, 0.25) is 5.02 Å². The minimum atomic E-state index is 0.673. The Labute approximate surface area is 95.0 Å². The highest BCUT2D eigenvalue weighted by atomic mass is 35.5. The number of nitrogens with zero attached hydrogens (tertiary/aromatic N) is 1. The molecule has 1 saturated carbocycles. The van der Waals surface area contributed by atoms with Crippen LogP contribution in [0.15, 0.2) is 12.1 Å². The first-order valence-corrected chi connectivity index (χ1v) is 5.78. The number of nitrogen functional groups attached to an aromatic ring is 1. The first-order chi connectivity index (χ1) is 7.10. The van der Waals surface area contributed by atoms with Gasteiger partial charge >= 0.3 is 0 Å². The Morgan fingerprint density at radius 1 is 1.33 bits per heavy atom. The van der Waals surface area contributed by atoms with Gasteiger partial charge in [-0.15, -0.1) is 0 Å². The molecule has 2 fully saturated rings. The van der Waals surface area contributed by atoms with Crippen molar-refractivity contribution in [3.63, 3.8) is 0 Å². The van der Waals surface area contributed by atoms with Crippen molar-refractivity contribution in [2.75, 3.05) is 23.7 Å². The van der Waals surface area contributed by atoms with Crippen molar-refractivity contribution in [3.8, 4) is 0 Å². The predicted octanol–water partition coefficient (Wildman–Crippen LogP) is 2.83. The molecule has 3 heteroatoms. The molecule has 0 bridgehead atoms. The molecule has 1 saturated heterocycles. The molecule has 0 amide bonds. The van der Waals surface area contributed by atoms with Crippen molar-refractivity contribution in [2.45, 2.75) is 19.8 Å². The third kappa shape index (κ3) is 1.39. The lowest BCUT2D eigenvalue weighted by molar-refractivity contribution is 0.387. The summed E-state index contributed by atoms with van der Waals surface area (Å²) in [7, 11) is 0. The molecule has 1 aliphatic heterocycles. The Kier molecular flexibility index (Phi) is 1.76. The molecule has 0 unspecified atom stereocenters. The molecule has 1 spiro atoms. The molecule has 0 aromatic heterocycles. The third-order valence-corrected chi connectivity index (χ3v) is 3.99. The molecule has 1 heterocycles. The Balaban J connectivity index is 1.88. The molecule has 15 heavy (non-hydrogen) atoms. The van der Waals surface area contributed by atoms with E-state index in [0.29, 0.717) is 16.1 Å². The summed E-state index contributed by atoms with van der Waals surface area (Å²) in [6.07, 6.45) is 2.82. The first kappa shape index (κ1) is 9.34. The van der Waals surface area contributed by atoms with E-state index >= 15 is 0 Å². The van der Waals surface area contributed by atoms with Crippen LogP contribution in [0.1, 0.15) is 18.4 Å². The summed E-state index contributed by atoms with van der Waals surface area (Å²) < 4.78 is 0. The van der Waals surface area contributed by atoms with Crippen LogP contribution in [0.25, 0.3) is 0 Å². The van der Waals surface area contributed by atoms with E-state index in [0.717, 1.165) is 0 Å². The molecule has 0 radical (unpaired) electrons. The van der Waals surface area contributed by atoms with E-state index in [9.17, 15) is 0 Å². The average Bonchev–Trinajstić information content (AvgIpc) is 2.89. The normalized spacial score (nSPS) is 21.6. The number of hydrogen-bond acceptors (Lipinski definition) is 2. The summed E-state index contributed by atoms with van der Waals surface area (Å²) in [6, 6.07) is 3.97. The number of rotatable bonds is 1. The highest BCUT2D eigenvalue weighted by molar-refractivity contribution is 6.33. The van der Waals surface area contributed by atoms with Gasteiger partial charge in [0.25, 0.3) is 0 Å². The molecule has 1 aromatic rings. The largest absolute Gasteiger partial charge is 0.398 e. The number of hydrogen-bond donors (Lipinski definition) is 1. The maximum Gasteiger partial charge on any atom is 0.0656 e. The Hall–Kier alpha value is -0.890. The zero-order valence-corrected chi connectivity index (χ0v) is 9.64.